The van der Waals surface area contributed by atoms with Gasteiger partial charge in [0.15, 0.2) is 50.1 Å². The first kappa shape index (κ1) is 67.6. The summed E-state index contributed by atoms with van der Waals surface area (Å²) < 4.78 is 84.2. The van der Waals surface area contributed by atoms with Crippen molar-refractivity contribution in [2.75, 3.05) is 53.4 Å². The SMILES string of the molecule is CO[C@H]1O[C@H](CO[C@@H]2O[C@H](CO[C@@H]3O[C@H](CO[C@@H]4O[C@H](CO[C@@H]5O[C@H](CO)[C@@H](O)[C@H](O)[C@H]5O)[C@@H](O)[C@H](O[C@@H]5O[C@H](CO)[C@@H](O)[C@H](O)[C@H]5O)[C@H]4O)[C@@H](O)[C@H](O)[C@H]3O)[C@@H](OC(C)=O)[C@H](O[C@@H]3O[C@H](CO)[C@@H](O)[C@H](O)[C@H]3O)[C@H]2O)[C@@H](O)[C@H](O)[C@H]1O. The molecule has 0 aromatic heterocycles. The Kier molecular flexibility index (Phi) is 24.2. The summed E-state index contributed by atoms with van der Waals surface area (Å²) in [6.07, 6.45) is -66.5. The topological polar surface area (TPSA) is 580 Å². The van der Waals surface area contributed by atoms with Crippen LogP contribution in [0, 0.1) is 0 Å². The zero-order valence-electron chi connectivity index (χ0n) is 43.6. The van der Waals surface area contributed by atoms with E-state index in [9.17, 15) is 112 Å². The number of ether oxygens (including phenoxy) is 15. The van der Waals surface area contributed by atoms with Crippen LogP contribution in [0.25, 0.3) is 0 Å². The van der Waals surface area contributed by atoms with Crippen LogP contribution in [0.4, 0.5) is 0 Å². The summed E-state index contributed by atoms with van der Waals surface area (Å²) in [6.45, 7) is -5.32. The Hall–Kier alpha value is -1.93. The molecular formula is C45H76O37. The Balaban J connectivity index is 1.09. The number of aliphatic hydroxyl groups excluding tert-OH is 21. The van der Waals surface area contributed by atoms with Crippen molar-refractivity contribution in [1.29, 1.82) is 0 Å². The molecule has 478 valence electrons. The lowest BCUT2D eigenvalue weighted by molar-refractivity contribution is -0.375. The summed E-state index contributed by atoms with van der Waals surface area (Å²) in [5, 5.41) is 223. The molecule has 0 aliphatic carbocycles. The van der Waals surface area contributed by atoms with Gasteiger partial charge in [-0.2, -0.15) is 0 Å². The highest BCUT2D eigenvalue weighted by Gasteiger charge is 2.57. The summed E-state index contributed by atoms with van der Waals surface area (Å²) in [6, 6.07) is 0. The van der Waals surface area contributed by atoms with E-state index in [4.69, 9.17) is 71.1 Å². The Morgan fingerprint density at radius 3 is 0.951 bits per heavy atom. The highest BCUT2D eigenvalue weighted by molar-refractivity contribution is 5.66. The second-order valence-electron chi connectivity index (χ2n) is 20.5. The predicted octanol–water partition coefficient (Wildman–Crippen LogP) is -15.1. The van der Waals surface area contributed by atoms with Crippen molar-refractivity contribution in [2.45, 2.75) is 222 Å². The van der Waals surface area contributed by atoms with E-state index in [2.05, 4.69) is 0 Å². The summed E-state index contributed by atoms with van der Waals surface area (Å²) in [5.41, 5.74) is 0. The van der Waals surface area contributed by atoms with Gasteiger partial charge in [0, 0.05) is 14.0 Å². The fourth-order valence-electron chi connectivity index (χ4n) is 10.1. The zero-order valence-corrected chi connectivity index (χ0v) is 43.6. The van der Waals surface area contributed by atoms with Crippen molar-refractivity contribution in [2.24, 2.45) is 0 Å². The standard InChI is InChI=1S/C45H76O37/c1-10(49)73-36-17(80-43(71-6-14-21(53)27(59)29(61)39(68-2)77-14)35(67)38(36)82-45-33(65)26(58)20(52)13(5-48)76-45)9-72-41-31(63)28(60)22(54)15(78-41)7-70-42-34(66)37(81-44-32(64)25(57)19(51)12(4-47)75-44)23(55)16(79-42)8-69-40-30(62)24(56)18(50)11(3-46)74-40/h11-48,50-67H,3-9H2,1-2H3/t11-,12-,13-,14-,15-,16-,17-,18-,19-,20-,21-,22-,23-,24+,25+,26+,27+,28+,29-,30-,31-,32-,33-,34-,35-,36-,37+,38-,39+,40-,41-,42-,43-,44+,45+/m1/s1. The third kappa shape index (κ3) is 14.6. The number of hydrogen-bond acceptors (Lipinski definition) is 37. The Labute approximate surface area is 463 Å². The predicted molar refractivity (Wildman–Crippen MR) is 246 cm³/mol. The molecule has 0 aromatic rings. The van der Waals surface area contributed by atoms with Crippen molar-refractivity contribution in [3.63, 3.8) is 0 Å². The lowest BCUT2D eigenvalue weighted by Gasteiger charge is -2.48. The monoisotopic (exact) mass is 1210 g/mol. The van der Waals surface area contributed by atoms with E-state index in [0.717, 1.165) is 14.0 Å². The number of carbonyl (C=O) groups is 1. The van der Waals surface area contributed by atoms with E-state index in [1.165, 1.54) is 0 Å². The molecule has 0 amide bonds. The summed E-state index contributed by atoms with van der Waals surface area (Å²) in [4.78, 5) is 12.7. The number of esters is 1. The number of carbonyl (C=O) groups excluding carboxylic acids is 1. The zero-order chi connectivity index (χ0) is 60.3. The van der Waals surface area contributed by atoms with Crippen molar-refractivity contribution in [3.05, 3.63) is 0 Å². The van der Waals surface area contributed by atoms with Crippen molar-refractivity contribution in [3.8, 4) is 0 Å². The summed E-state index contributed by atoms with van der Waals surface area (Å²) >= 11 is 0. The largest absolute Gasteiger partial charge is 0.457 e. The van der Waals surface area contributed by atoms with Crippen LogP contribution >= 0.6 is 0 Å². The average molecular weight is 1210 g/mol. The van der Waals surface area contributed by atoms with E-state index in [1.54, 1.807) is 0 Å². The molecule has 7 fully saturated rings. The van der Waals surface area contributed by atoms with Gasteiger partial charge in [-0.05, 0) is 0 Å². The minimum absolute atomic E-state index is 0.771. The fraction of sp³-hybridized carbons (Fsp3) is 0.978. The van der Waals surface area contributed by atoms with Gasteiger partial charge in [0.2, 0.25) is 0 Å². The molecule has 0 unspecified atom stereocenters. The van der Waals surface area contributed by atoms with Gasteiger partial charge >= 0.3 is 5.97 Å². The van der Waals surface area contributed by atoms with Gasteiger partial charge in [-0.15, -0.1) is 0 Å². The molecule has 7 rings (SSSR count). The number of rotatable bonds is 21. The Morgan fingerprint density at radius 2 is 0.573 bits per heavy atom. The van der Waals surface area contributed by atoms with Gasteiger partial charge < -0.3 is 178 Å². The first-order chi connectivity index (χ1) is 38.8. The van der Waals surface area contributed by atoms with Gasteiger partial charge in [0.1, 0.15) is 165 Å². The van der Waals surface area contributed by atoms with E-state index in [0.29, 0.717) is 0 Å². The second kappa shape index (κ2) is 29.4. The molecule has 0 radical (unpaired) electrons. The molecule has 37 heteroatoms. The van der Waals surface area contributed by atoms with Crippen molar-refractivity contribution < 1.29 is 183 Å². The van der Waals surface area contributed by atoms with Gasteiger partial charge in [-0.25, -0.2) is 0 Å². The van der Waals surface area contributed by atoms with Gasteiger partial charge in [-0.1, -0.05) is 0 Å². The number of hydrogen-bond donors (Lipinski definition) is 21. The average Bonchev–Trinajstić information content (AvgIpc) is 3.66. The minimum atomic E-state index is -2.18. The molecule has 0 aromatic carbocycles. The number of methoxy groups -OCH3 is 1. The minimum Gasteiger partial charge on any atom is -0.457 e. The van der Waals surface area contributed by atoms with Crippen LogP contribution in [0.15, 0.2) is 0 Å². The molecule has 7 aliphatic rings. The molecule has 0 spiro atoms. The lowest BCUT2D eigenvalue weighted by atomic mass is 9.96. The van der Waals surface area contributed by atoms with Crippen LogP contribution in [-0.4, -0.2) is 382 Å². The van der Waals surface area contributed by atoms with Crippen molar-refractivity contribution >= 4 is 5.97 Å². The molecule has 35 atom stereocenters. The highest BCUT2D eigenvalue weighted by Crippen LogP contribution is 2.36. The molecule has 0 bridgehead atoms. The maximum absolute atomic E-state index is 12.7. The Morgan fingerprint density at radius 1 is 0.305 bits per heavy atom. The van der Waals surface area contributed by atoms with E-state index in [1.807, 2.05) is 0 Å². The molecule has 21 N–H and O–H groups in total. The Bertz CT molecular complexity index is 1950. The number of aliphatic hydroxyl groups is 21. The maximum Gasteiger partial charge on any atom is 0.303 e. The van der Waals surface area contributed by atoms with Crippen LogP contribution < -0.4 is 0 Å². The first-order valence-corrected chi connectivity index (χ1v) is 25.9. The van der Waals surface area contributed by atoms with Gasteiger partial charge in [-0.3, -0.25) is 4.79 Å². The van der Waals surface area contributed by atoms with Crippen LogP contribution in [0.5, 0.6) is 0 Å². The molecule has 7 aliphatic heterocycles. The highest BCUT2D eigenvalue weighted by atomic mass is 16.8. The smallest absolute Gasteiger partial charge is 0.303 e. The molecule has 37 nitrogen and oxygen atoms in total. The first-order valence-electron chi connectivity index (χ1n) is 25.9. The fourth-order valence-corrected chi connectivity index (χ4v) is 10.1. The third-order valence-corrected chi connectivity index (χ3v) is 15.0. The molecular weight excluding hydrogens is 1130 g/mol. The molecule has 7 heterocycles. The van der Waals surface area contributed by atoms with Crippen LogP contribution in [0.1, 0.15) is 6.92 Å². The maximum atomic E-state index is 12.7. The van der Waals surface area contributed by atoms with Crippen LogP contribution in [0.3, 0.4) is 0 Å². The van der Waals surface area contributed by atoms with Gasteiger partial charge in [0.25, 0.3) is 0 Å². The van der Waals surface area contributed by atoms with Crippen molar-refractivity contribution in [1.82, 2.24) is 0 Å². The van der Waals surface area contributed by atoms with E-state index < -0.39 is 267 Å². The second-order valence-corrected chi connectivity index (χ2v) is 20.5. The summed E-state index contributed by atoms with van der Waals surface area (Å²) in [5.74, 6) is -1.07. The normalized spacial score (nSPS) is 51.4. The third-order valence-electron chi connectivity index (χ3n) is 15.0. The van der Waals surface area contributed by atoms with E-state index >= 15 is 0 Å². The van der Waals surface area contributed by atoms with Gasteiger partial charge in [0.05, 0.1) is 46.2 Å². The molecule has 82 heavy (non-hydrogen) atoms. The summed E-state index contributed by atoms with van der Waals surface area (Å²) in [7, 11) is 1.12. The van der Waals surface area contributed by atoms with E-state index in [-0.39, 0.29) is 0 Å². The van der Waals surface area contributed by atoms with Crippen LogP contribution in [-0.2, 0) is 75.8 Å². The molecule has 0 saturated carbocycles. The lowest BCUT2D eigenvalue weighted by Crippen LogP contribution is -2.66. The molecule has 7 saturated heterocycles. The quantitative estimate of drug-likeness (QED) is 0.0475. The van der Waals surface area contributed by atoms with Crippen LogP contribution in [0.2, 0.25) is 0 Å².